The quantitative estimate of drug-likeness (QED) is 0.259. The first kappa shape index (κ1) is 20.7. The highest BCUT2D eigenvalue weighted by Gasteiger charge is 2.08. The minimum atomic E-state index is 0.270. The summed E-state index contributed by atoms with van der Waals surface area (Å²) in [5, 5.41) is 27.2. The number of anilines is 2. The second-order valence-corrected chi connectivity index (χ2v) is 8.27. The van der Waals surface area contributed by atoms with Gasteiger partial charge in [0.25, 0.3) is 0 Å². The van der Waals surface area contributed by atoms with Crippen molar-refractivity contribution in [3.05, 3.63) is 108 Å². The van der Waals surface area contributed by atoms with Crippen molar-refractivity contribution >= 4 is 23.1 Å². The normalized spacial score (nSPS) is 10.6. The molecule has 0 aromatic heterocycles. The van der Waals surface area contributed by atoms with Gasteiger partial charge in [-0.05, 0) is 60.7 Å². The number of para-hydroxylation sites is 2. The second kappa shape index (κ2) is 9.96. The van der Waals surface area contributed by atoms with Crippen molar-refractivity contribution < 1.29 is 10.2 Å². The molecule has 0 spiro atoms. The van der Waals surface area contributed by atoms with Crippen molar-refractivity contribution in [2.45, 2.75) is 22.9 Å². The lowest BCUT2D eigenvalue weighted by molar-refractivity contribution is 0.468. The van der Waals surface area contributed by atoms with E-state index >= 15 is 0 Å². The average molecular weight is 429 g/mol. The molecule has 0 saturated heterocycles. The highest BCUT2D eigenvalue weighted by atomic mass is 32.2. The Bertz CT molecular complexity index is 1040. The van der Waals surface area contributed by atoms with Gasteiger partial charge in [-0.15, -0.1) is 0 Å². The molecule has 0 unspecified atom stereocenters. The van der Waals surface area contributed by atoms with E-state index in [2.05, 4.69) is 10.6 Å². The van der Waals surface area contributed by atoms with Crippen LogP contribution >= 0.6 is 11.8 Å². The van der Waals surface area contributed by atoms with E-state index in [-0.39, 0.29) is 11.5 Å². The first-order chi connectivity index (χ1) is 15.2. The number of phenolic OH excluding ortho intramolecular Hbond substituents is 2. The van der Waals surface area contributed by atoms with E-state index in [0.717, 1.165) is 32.3 Å². The molecule has 0 aliphatic heterocycles. The van der Waals surface area contributed by atoms with E-state index in [1.165, 1.54) is 0 Å². The lowest BCUT2D eigenvalue weighted by Gasteiger charge is -2.12. The number of nitrogens with one attached hydrogen (secondary N) is 2. The summed E-state index contributed by atoms with van der Waals surface area (Å²) >= 11 is 1.60. The van der Waals surface area contributed by atoms with Crippen LogP contribution in [-0.2, 0) is 13.1 Å². The molecule has 0 aliphatic rings. The fraction of sp³-hybridized carbons (Fsp3) is 0.0769. The highest BCUT2D eigenvalue weighted by Crippen LogP contribution is 2.34. The third-order valence-corrected chi connectivity index (χ3v) is 5.83. The molecule has 156 valence electrons. The van der Waals surface area contributed by atoms with E-state index < -0.39 is 0 Å². The standard InChI is InChI=1S/C26H24N2O2S/c29-25-13-11-23(15-19(25)17-27-21-7-3-1-4-8-21)31-24-12-14-26(30)20(16-24)18-28-22-9-5-2-6-10-22/h1-16,27-30H,17-18H2. The summed E-state index contributed by atoms with van der Waals surface area (Å²) in [4.78, 5) is 2.05. The Kier molecular flexibility index (Phi) is 6.65. The lowest BCUT2D eigenvalue weighted by atomic mass is 10.2. The second-order valence-electron chi connectivity index (χ2n) is 7.12. The molecule has 4 rings (SSSR count). The van der Waals surface area contributed by atoms with Gasteiger partial charge < -0.3 is 20.8 Å². The summed E-state index contributed by atoms with van der Waals surface area (Å²) in [6, 6.07) is 31.1. The smallest absolute Gasteiger partial charge is 0.120 e. The van der Waals surface area contributed by atoms with Gasteiger partial charge in [0.2, 0.25) is 0 Å². The van der Waals surface area contributed by atoms with Gasteiger partial charge in [0.1, 0.15) is 11.5 Å². The number of aromatic hydroxyl groups is 2. The average Bonchev–Trinajstić information content (AvgIpc) is 2.81. The molecular weight excluding hydrogens is 404 g/mol. The third-order valence-electron chi connectivity index (χ3n) is 4.85. The molecule has 0 saturated carbocycles. The molecule has 0 heterocycles. The SMILES string of the molecule is Oc1ccc(Sc2ccc(O)c(CNc3ccccc3)c2)cc1CNc1ccccc1. The topological polar surface area (TPSA) is 64.5 Å². The zero-order valence-corrected chi connectivity index (χ0v) is 17.8. The molecule has 0 amide bonds. The van der Waals surface area contributed by atoms with E-state index in [9.17, 15) is 10.2 Å². The van der Waals surface area contributed by atoms with Crippen molar-refractivity contribution in [3.63, 3.8) is 0 Å². The number of benzene rings is 4. The van der Waals surface area contributed by atoms with Gasteiger partial charge in [0.05, 0.1) is 0 Å². The predicted molar refractivity (Wildman–Crippen MR) is 128 cm³/mol. The van der Waals surface area contributed by atoms with E-state index in [0.29, 0.717) is 13.1 Å². The van der Waals surface area contributed by atoms with Crippen molar-refractivity contribution in [1.82, 2.24) is 0 Å². The van der Waals surface area contributed by atoms with Crippen LogP contribution < -0.4 is 10.6 Å². The van der Waals surface area contributed by atoms with Crippen molar-refractivity contribution in [3.8, 4) is 11.5 Å². The molecule has 0 aliphatic carbocycles. The van der Waals surface area contributed by atoms with Crippen LogP contribution in [0.1, 0.15) is 11.1 Å². The summed E-state index contributed by atoms with van der Waals surface area (Å²) in [5.74, 6) is 0.539. The fourth-order valence-corrected chi connectivity index (χ4v) is 4.12. The maximum Gasteiger partial charge on any atom is 0.120 e. The molecule has 0 radical (unpaired) electrons. The first-order valence-corrected chi connectivity index (χ1v) is 10.9. The zero-order chi connectivity index (χ0) is 21.5. The molecule has 31 heavy (non-hydrogen) atoms. The van der Waals surface area contributed by atoms with Gasteiger partial charge in [-0.25, -0.2) is 0 Å². The molecule has 0 atom stereocenters. The van der Waals surface area contributed by atoms with Crippen molar-refractivity contribution in [2.75, 3.05) is 10.6 Å². The molecule has 0 bridgehead atoms. The number of rotatable bonds is 8. The van der Waals surface area contributed by atoms with Crippen LogP contribution in [0.15, 0.2) is 107 Å². The van der Waals surface area contributed by atoms with E-state index in [1.807, 2.05) is 84.9 Å². The van der Waals surface area contributed by atoms with Crippen LogP contribution in [0.3, 0.4) is 0 Å². The molecule has 4 nitrogen and oxygen atoms in total. The Hall–Kier alpha value is -3.57. The number of hydrogen-bond acceptors (Lipinski definition) is 5. The van der Waals surface area contributed by atoms with Crippen LogP contribution in [0.5, 0.6) is 11.5 Å². The molecule has 5 heteroatoms. The van der Waals surface area contributed by atoms with Crippen LogP contribution in [0.25, 0.3) is 0 Å². The van der Waals surface area contributed by atoms with Crippen LogP contribution in [-0.4, -0.2) is 10.2 Å². The van der Waals surface area contributed by atoms with Crippen LogP contribution in [0.4, 0.5) is 11.4 Å². The number of hydrogen-bond donors (Lipinski definition) is 4. The minimum absolute atomic E-state index is 0.270. The predicted octanol–water partition coefficient (Wildman–Crippen LogP) is 6.47. The molecule has 4 aromatic carbocycles. The zero-order valence-electron chi connectivity index (χ0n) is 17.0. The summed E-state index contributed by atoms with van der Waals surface area (Å²) in [7, 11) is 0. The summed E-state index contributed by atoms with van der Waals surface area (Å²) in [5.41, 5.74) is 3.68. The molecule has 4 aromatic rings. The summed E-state index contributed by atoms with van der Waals surface area (Å²) in [6.45, 7) is 1.07. The van der Waals surface area contributed by atoms with Gasteiger partial charge in [0.15, 0.2) is 0 Å². The van der Waals surface area contributed by atoms with Gasteiger partial charge in [-0.3, -0.25) is 0 Å². The van der Waals surface area contributed by atoms with Gasteiger partial charge >= 0.3 is 0 Å². The first-order valence-electron chi connectivity index (χ1n) is 10.1. The Labute approximate surface area is 186 Å². The maximum absolute atomic E-state index is 10.2. The monoisotopic (exact) mass is 428 g/mol. The largest absolute Gasteiger partial charge is 0.508 e. The lowest BCUT2D eigenvalue weighted by Crippen LogP contribution is -2.00. The third kappa shape index (κ3) is 5.74. The van der Waals surface area contributed by atoms with Crippen molar-refractivity contribution in [2.24, 2.45) is 0 Å². The maximum atomic E-state index is 10.2. The fourth-order valence-electron chi connectivity index (χ4n) is 3.18. The van der Waals surface area contributed by atoms with Gasteiger partial charge in [-0.1, -0.05) is 48.2 Å². The number of phenols is 2. The Morgan fingerprint density at radius 2 is 0.968 bits per heavy atom. The summed E-state index contributed by atoms with van der Waals surface area (Å²) in [6.07, 6.45) is 0. The molecule has 4 N–H and O–H groups in total. The Morgan fingerprint density at radius 3 is 1.39 bits per heavy atom. The van der Waals surface area contributed by atoms with Crippen LogP contribution in [0.2, 0.25) is 0 Å². The highest BCUT2D eigenvalue weighted by molar-refractivity contribution is 7.99. The van der Waals surface area contributed by atoms with Crippen LogP contribution in [0, 0.1) is 0 Å². The Balaban J connectivity index is 1.44. The molecular formula is C26H24N2O2S. The minimum Gasteiger partial charge on any atom is -0.508 e. The van der Waals surface area contributed by atoms with E-state index in [1.54, 1.807) is 23.9 Å². The van der Waals surface area contributed by atoms with Gasteiger partial charge in [0, 0.05) is 45.4 Å². The van der Waals surface area contributed by atoms with E-state index in [4.69, 9.17) is 0 Å². The molecule has 0 fully saturated rings. The Morgan fingerprint density at radius 1 is 0.548 bits per heavy atom. The van der Waals surface area contributed by atoms with Gasteiger partial charge in [-0.2, -0.15) is 0 Å². The van der Waals surface area contributed by atoms with Crippen molar-refractivity contribution in [1.29, 1.82) is 0 Å². The summed E-state index contributed by atoms with van der Waals surface area (Å²) < 4.78 is 0.